The monoisotopic (exact) mass is 202 g/mol. The molecular formula is C12H14N2O. The van der Waals surface area contributed by atoms with Crippen LogP contribution in [0.5, 0.6) is 0 Å². The Balaban J connectivity index is 2.32. The van der Waals surface area contributed by atoms with E-state index in [9.17, 15) is 4.79 Å². The van der Waals surface area contributed by atoms with Crippen molar-refractivity contribution in [1.82, 2.24) is 5.32 Å². The van der Waals surface area contributed by atoms with E-state index in [0.29, 0.717) is 0 Å². The maximum atomic E-state index is 11.3. The van der Waals surface area contributed by atoms with E-state index in [1.165, 1.54) is 0 Å². The maximum Gasteiger partial charge on any atom is 0.240 e. The Morgan fingerprint density at radius 2 is 2.13 bits per heavy atom. The molecule has 0 radical (unpaired) electrons. The van der Waals surface area contributed by atoms with Crippen LogP contribution < -0.4 is 10.6 Å². The summed E-state index contributed by atoms with van der Waals surface area (Å²) in [7, 11) is 0. The molecule has 1 aromatic carbocycles. The average molecular weight is 202 g/mol. The molecule has 1 amide bonds. The summed E-state index contributed by atoms with van der Waals surface area (Å²) in [6, 6.07) is 9.31. The molecule has 0 aliphatic carbocycles. The number of carbonyl (C=O) groups is 1. The number of hydrogen-bond acceptors (Lipinski definition) is 2. The molecule has 3 heteroatoms. The number of terminal acetylenes is 1. The summed E-state index contributed by atoms with van der Waals surface area (Å²) in [5, 5.41) is 5.66. The largest absolute Gasteiger partial charge is 0.376 e. The molecule has 0 aliphatic heterocycles. The van der Waals surface area contributed by atoms with Gasteiger partial charge in [-0.25, -0.2) is 0 Å². The number of nitrogens with one attached hydrogen (secondary N) is 2. The summed E-state index contributed by atoms with van der Waals surface area (Å²) in [6.07, 6.45) is 5.14. The van der Waals surface area contributed by atoms with Gasteiger partial charge in [-0.2, -0.15) is 0 Å². The molecule has 0 heterocycles. The zero-order valence-corrected chi connectivity index (χ0v) is 8.66. The lowest BCUT2D eigenvalue weighted by Crippen LogP contribution is -2.35. The first kappa shape index (κ1) is 11.1. The molecule has 0 aromatic heterocycles. The van der Waals surface area contributed by atoms with Gasteiger partial charge in [0.05, 0.1) is 12.6 Å². The highest BCUT2D eigenvalue weighted by Gasteiger charge is 2.03. The molecule has 1 rings (SSSR count). The fraction of sp³-hybridized carbons (Fsp3) is 0.250. The van der Waals surface area contributed by atoms with Crippen LogP contribution in [0.2, 0.25) is 0 Å². The van der Waals surface area contributed by atoms with Gasteiger partial charge in [0, 0.05) is 5.69 Å². The van der Waals surface area contributed by atoms with Crippen LogP contribution in [0.15, 0.2) is 30.3 Å². The van der Waals surface area contributed by atoms with Crippen molar-refractivity contribution >= 4 is 11.6 Å². The van der Waals surface area contributed by atoms with Gasteiger partial charge in [0.1, 0.15) is 0 Å². The van der Waals surface area contributed by atoms with E-state index in [-0.39, 0.29) is 18.5 Å². The van der Waals surface area contributed by atoms with E-state index in [4.69, 9.17) is 6.42 Å². The van der Waals surface area contributed by atoms with Gasteiger partial charge in [-0.05, 0) is 19.1 Å². The van der Waals surface area contributed by atoms with E-state index in [0.717, 1.165) is 5.69 Å². The highest BCUT2D eigenvalue weighted by Crippen LogP contribution is 2.03. The van der Waals surface area contributed by atoms with Crippen LogP contribution in [0, 0.1) is 12.3 Å². The Hall–Kier alpha value is -1.95. The lowest BCUT2D eigenvalue weighted by Gasteiger charge is -2.09. The SMILES string of the molecule is C#CC(C)NC(=O)CNc1ccccc1. The zero-order valence-electron chi connectivity index (χ0n) is 8.66. The van der Waals surface area contributed by atoms with E-state index in [1.54, 1.807) is 6.92 Å². The second-order valence-corrected chi connectivity index (χ2v) is 3.18. The molecule has 1 atom stereocenters. The minimum Gasteiger partial charge on any atom is -0.376 e. The summed E-state index contributed by atoms with van der Waals surface area (Å²) in [4.78, 5) is 11.3. The Morgan fingerprint density at radius 3 is 2.73 bits per heavy atom. The van der Waals surface area contributed by atoms with Crippen molar-refractivity contribution in [2.24, 2.45) is 0 Å². The number of benzene rings is 1. The van der Waals surface area contributed by atoms with Crippen LogP contribution in [0.1, 0.15) is 6.92 Å². The third-order valence-corrected chi connectivity index (χ3v) is 1.85. The van der Waals surface area contributed by atoms with E-state index in [1.807, 2.05) is 30.3 Å². The van der Waals surface area contributed by atoms with Crippen LogP contribution in [0.4, 0.5) is 5.69 Å². The van der Waals surface area contributed by atoms with Gasteiger partial charge in [0.25, 0.3) is 0 Å². The molecule has 1 unspecified atom stereocenters. The number of rotatable bonds is 4. The number of amides is 1. The number of para-hydroxylation sites is 1. The van der Waals surface area contributed by atoms with Crippen LogP contribution in [0.3, 0.4) is 0 Å². The Kier molecular flexibility index (Phi) is 4.24. The molecule has 2 N–H and O–H groups in total. The molecular weight excluding hydrogens is 188 g/mol. The van der Waals surface area contributed by atoms with Gasteiger partial charge in [-0.1, -0.05) is 24.1 Å². The molecule has 0 saturated heterocycles. The highest BCUT2D eigenvalue weighted by molar-refractivity contribution is 5.81. The van der Waals surface area contributed by atoms with Gasteiger partial charge in [0.15, 0.2) is 0 Å². The predicted octanol–water partition coefficient (Wildman–Crippen LogP) is 1.24. The summed E-state index contributed by atoms with van der Waals surface area (Å²) < 4.78 is 0. The van der Waals surface area contributed by atoms with E-state index in [2.05, 4.69) is 16.6 Å². The van der Waals surface area contributed by atoms with Crippen molar-refractivity contribution in [3.8, 4) is 12.3 Å². The van der Waals surface area contributed by atoms with Gasteiger partial charge >= 0.3 is 0 Å². The third-order valence-electron chi connectivity index (χ3n) is 1.85. The zero-order chi connectivity index (χ0) is 11.1. The minimum atomic E-state index is -0.227. The fourth-order valence-electron chi connectivity index (χ4n) is 1.07. The average Bonchev–Trinajstić information content (AvgIpc) is 2.27. The topological polar surface area (TPSA) is 41.1 Å². The highest BCUT2D eigenvalue weighted by atomic mass is 16.1. The Labute approximate surface area is 89.9 Å². The van der Waals surface area contributed by atoms with Crippen molar-refractivity contribution in [3.63, 3.8) is 0 Å². The second kappa shape index (κ2) is 5.71. The summed E-state index contributed by atoms with van der Waals surface area (Å²) in [6.45, 7) is 2.00. The van der Waals surface area contributed by atoms with Gasteiger partial charge in [0.2, 0.25) is 5.91 Å². The van der Waals surface area contributed by atoms with Crippen molar-refractivity contribution in [2.45, 2.75) is 13.0 Å². The standard InChI is InChI=1S/C12H14N2O/c1-3-10(2)14-12(15)9-13-11-7-5-4-6-8-11/h1,4-8,10,13H,9H2,2H3,(H,14,15). The van der Waals surface area contributed by atoms with Gasteiger partial charge in [-0.3, -0.25) is 4.79 Å². The number of anilines is 1. The lowest BCUT2D eigenvalue weighted by atomic mass is 10.3. The molecule has 0 spiro atoms. The first-order valence-electron chi connectivity index (χ1n) is 4.77. The Morgan fingerprint density at radius 1 is 1.47 bits per heavy atom. The van der Waals surface area contributed by atoms with Crippen LogP contribution in [0.25, 0.3) is 0 Å². The fourth-order valence-corrected chi connectivity index (χ4v) is 1.07. The minimum absolute atomic E-state index is 0.107. The van der Waals surface area contributed by atoms with Crippen molar-refractivity contribution < 1.29 is 4.79 Å². The first-order valence-corrected chi connectivity index (χ1v) is 4.77. The smallest absolute Gasteiger partial charge is 0.240 e. The maximum absolute atomic E-state index is 11.3. The third kappa shape index (κ3) is 4.19. The van der Waals surface area contributed by atoms with Crippen LogP contribution in [-0.2, 0) is 4.79 Å². The van der Waals surface area contributed by atoms with Crippen LogP contribution in [-0.4, -0.2) is 18.5 Å². The summed E-state index contributed by atoms with van der Waals surface area (Å²) >= 11 is 0. The number of hydrogen-bond donors (Lipinski definition) is 2. The summed E-state index contributed by atoms with van der Waals surface area (Å²) in [5.74, 6) is 2.33. The molecule has 3 nitrogen and oxygen atoms in total. The molecule has 0 bridgehead atoms. The van der Waals surface area contributed by atoms with Gasteiger partial charge < -0.3 is 10.6 Å². The molecule has 0 fully saturated rings. The van der Waals surface area contributed by atoms with Crippen molar-refractivity contribution in [2.75, 3.05) is 11.9 Å². The molecule has 15 heavy (non-hydrogen) atoms. The Bertz CT molecular complexity index is 354. The second-order valence-electron chi connectivity index (χ2n) is 3.18. The quantitative estimate of drug-likeness (QED) is 0.721. The number of carbonyl (C=O) groups excluding carboxylic acids is 1. The molecule has 0 aliphatic rings. The molecule has 78 valence electrons. The van der Waals surface area contributed by atoms with E-state index < -0.39 is 0 Å². The van der Waals surface area contributed by atoms with Crippen LogP contribution >= 0.6 is 0 Å². The lowest BCUT2D eigenvalue weighted by molar-refractivity contribution is -0.119. The normalized spacial score (nSPS) is 11.2. The van der Waals surface area contributed by atoms with E-state index >= 15 is 0 Å². The summed E-state index contributed by atoms with van der Waals surface area (Å²) in [5.41, 5.74) is 0.918. The van der Waals surface area contributed by atoms with Crippen molar-refractivity contribution in [1.29, 1.82) is 0 Å². The predicted molar refractivity (Wildman–Crippen MR) is 61.4 cm³/mol. The molecule has 0 saturated carbocycles. The van der Waals surface area contributed by atoms with Gasteiger partial charge in [-0.15, -0.1) is 6.42 Å². The molecule has 1 aromatic rings. The first-order chi connectivity index (χ1) is 7.22. The van der Waals surface area contributed by atoms with Crippen molar-refractivity contribution in [3.05, 3.63) is 30.3 Å².